The monoisotopic (exact) mass is 271 g/mol. The van der Waals surface area contributed by atoms with E-state index in [0.717, 1.165) is 18.4 Å². The zero-order chi connectivity index (χ0) is 14.5. The number of benzene rings is 2. The van der Waals surface area contributed by atoms with Crippen LogP contribution in [-0.2, 0) is 6.42 Å². The molecule has 1 unspecified atom stereocenters. The van der Waals surface area contributed by atoms with Gasteiger partial charge in [0.15, 0.2) is 0 Å². The molecule has 0 heterocycles. The zero-order valence-corrected chi connectivity index (χ0v) is 12.4. The van der Waals surface area contributed by atoms with Crippen LogP contribution in [0.1, 0.15) is 43.0 Å². The van der Waals surface area contributed by atoms with Gasteiger partial charge in [-0.25, -0.2) is 4.39 Å². The number of anilines is 1. The first kappa shape index (κ1) is 14.6. The molecule has 0 aliphatic heterocycles. The Hall–Kier alpha value is -1.83. The molecule has 0 radical (unpaired) electrons. The summed E-state index contributed by atoms with van der Waals surface area (Å²) in [5.41, 5.74) is 4.03. The van der Waals surface area contributed by atoms with Crippen molar-refractivity contribution >= 4 is 5.69 Å². The van der Waals surface area contributed by atoms with Crippen molar-refractivity contribution in [2.45, 2.75) is 39.7 Å². The molecular formula is C18H22FN. The van der Waals surface area contributed by atoms with Gasteiger partial charge in [-0.05, 0) is 48.6 Å². The molecule has 2 rings (SSSR count). The Morgan fingerprint density at radius 1 is 1.05 bits per heavy atom. The van der Waals surface area contributed by atoms with Crippen LogP contribution in [0, 0.1) is 12.7 Å². The maximum absolute atomic E-state index is 13.9. The smallest absolute Gasteiger partial charge is 0.146 e. The van der Waals surface area contributed by atoms with Gasteiger partial charge < -0.3 is 5.32 Å². The molecule has 2 aromatic rings. The molecule has 0 bridgehead atoms. The molecule has 0 spiro atoms. The summed E-state index contributed by atoms with van der Waals surface area (Å²) in [5, 5.41) is 3.30. The first-order chi connectivity index (χ1) is 9.63. The van der Waals surface area contributed by atoms with Crippen molar-refractivity contribution < 1.29 is 4.39 Å². The summed E-state index contributed by atoms with van der Waals surface area (Å²) in [6.45, 7) is 6.15. The van der Waals surface area contributed by atoms with Crippen LogP contribution in [0.25, 0.3) is 0 Å². The van der Waals surface area contributed by atoms with Crippen LogP contribution < -0.4 is 5.32 Å². The van der Waals surface area contributed by atoms with Crippen LogP contribution in [0.4, 0.5) is 10.1 Å². The lowest BCUT2D eigenvalue weighted by Gasteiger charge is -2.19. The fourth-order valence-corrected chi connectivity index (χ4v) is 2.33. The molecule has 0 saturated carbocycles. The SMILES string of the molecule is CCc1ccc(C(CC)Nc2ccc(C)cc2F)cc1. The molecule has 106 valence electrons. The summed E-state index contributed by atoms with van der Waals surface area (Å²) in [5.74, 6) is -0.186. The Morgan fingerprint density at radius 3 is 2.30 bits per heavy atom. The fourth-order valence-electron chi connectivity index (χ4n) is 2.33. The van der Waals surface area contributed by atoms with Crippen molar-refractivity contribution in [3.63, 3.8) is 0 Å². The lowest BCUT2D eigenvalue weighted by atomic mass is 10.0. The van der Waals surface area contributed by atoms with E-state index in [1.807, 2.05) is 19.1 Å². The molecule has 0 fully saturated rings. The van der Waals surface area contributed by atoms with Crippen molar-refractivity contribution in [2.75, 3.05) is 5.32 Å². The lowest BCUT2D eigenvalue weighted by molar-refractivity contribution is 0.622. The summed E-state index contributed by atoms with van der Waals surface area (Å²) in [4.78, 5) is 0. The number of rotatable bonds is 5. The second-order valence-electron chi connectivity index (χ2n) is 5.18. The third kappa shape index (κ3) is 3.38. The molecule has 0 amide bonds. The fraction of sp³-hybridized carbons (Fsp3) is 0.333. The van der Waals surface area contributed by atoms with Gasteiger partial charge in [0.2, 0.25) is 0 Å². The highest BCUT2D eigenvalue weighted by Gasteiger charge is 2.11. The predicted molar refractivity (Wildman–Crippen MR) is 83.6 cm³/mol. The standard InChI is InChI=1S/C18H22FN/c1-4-14-7-9-15(10-8-14)17(5-2)20-18-11-6-13(3)12-16(18)19/h6-12,17,20H,4-5H2,1-3H3. The van der Waals surface area contributed by atoms with Gasteiger partial charge >= 0.3 is 0 Å². The van der Waals surface area contributed by atoms with Gasteiger partial charge in [-0.2, -0.15) is 0 Å². The minimum absolute atomic E-state index is 0.137. The highest BCUT2D eigenvalue weighted by Crippen LogP contribution is 2.25. The zero-order valence-electron chi connectivity index (χ0n) is 12.4. The molecule has 0 aromatic heterocycles. The van der Waals surface area contributed by atoms with Crippen LogP contribution in [0.3, 0.4) is 0 Å². The van der Waals surface area contributed by atoms with Crippen molar-refractivity contribution in [1.29, 1.82) is 0 Å². The summed E-state index contributed by atoms with van der Waals surface area (Å²) >= 11 is 0. The number of nitrogens with one attached hydrogen (secondary N) is 1. The van der Waals surface area contributed by atoms with Gasteiger partial charge in [0.1, 0.15) is 5.82 Å². The van der Waals surface area contributed by atoms with Gasteiger partial charge in [-0.15, -0.1) is 0 Å². The first-order valence-electron chi connectivity index (χ1n) is 7.25. The molecule has 2 heteroatoms. The van der Waals surface area contributed by atoms with Gasteiger partial charge in [-0.1, -0.05) is 44.2 Å². The minimum Gasteiger partial charge on any atom is -0.376 e. The van der Waals surface area contributed by atoms with Gasteiger partial charge in [0.25, 0.3) is 0 Å². The Balaban J connectivity index is 2.19. The third-order valence-corrected chi connectivity index (χ3v) is 3.65. The number of hydrogen-bond acceptors (Lipinski definition) is 1. The second-order valence-corrected chi connectivity index (χ2v) is 5.18. The molecule has 1 nitrogen and oxygen atoms in total. The van der Waals surface area contributed by atoms with Gasteiger partial charge in [-0.3, -0.25) is 0 Å². The average molecular weight is 271 g/mol. The Bertz CT molecular complexity index is 560. The molecule has 0 aliphatic carbocycles. The van der Waals surface area contributed by atoms with E-state index in [-0.39, 0.29) is 11.9 Å². The van der Waals surface area contributed by atoms with Crippen molar-refractivity contribution in [3.05, 3.63) is 65.0 Å². The summed E-state index contributed by atoms with van der Waals surface area (Å²) in [7, 11) is 0. The molecule has 0 aliphatic rings. The average Bonchev–Trinajstić information content (AvgIpc) is 2.47. The Kier molecular flexibility index (Phi) is 4.78. The predicted octanol–water partition coefficient (Wildman–Crippen LogP) is 5.26. The van der Waals surface area contributed by atoms with E-state index in [0.29, 0.717) is 5.69 Å². The molecule has 1 N–H and O–H groups in total. The number of hydrogen-bond donors (Lipinski definition) is 1. The lowest BCUT2D eigenvalue weighted by Crippen LogP contribution is -2.11. The van der Waals surface area contributed by atoms with Crippen LogP contribution in [0.2, 0.25) is 0 Å². The maximum atomic E-state index is 13.9. The Morgan fingerprint density at radius 2 is 1.75 bits per heavy atom. The minimum atomic E-state index is -0.186. The van der Waals surface area contributed by atoms with Crippen molar-refractivity contribution in [3.8, 4) is 0 Å². The van der Waals surface area contributed by atoms with E-state index >= 15 is 0 Å². The first-order valence-corrected chi connectivity index (χ1v) is 7.25. The van der Waals surface area contributed by atoms with Crippen LogP contribution in [-0.4, -0.2) is 0 Å². The van der Waals surface area contributed by atoms with E-state index in [4.69, 9.17) is 0 Å². The summed E-state index contributed by atoms with van der Waals surface area (Å²) in [6.07, 6.45) is 1.95. The largest absolute Gasteiger partial charge is 0.376 e. The van der Waals surface area contributed by atoms with Gasteiger partial charge in [0.05, 0.1) is 11.7 Å². The molecular weight excluding hydrogens is 249 g/mol. The summed E-state index contributed by atoms with van der Waals surface area (Å²) < 4.78 is 13.9. The van der Waals surface area contributed by atoms with Crippen LogP contribution >= 0.6 is 0 Å². The normalized spacial score (nSPS) is 12.2. The maximum Gasteiger partial charge on any atom is 0.146 e. The van der Waals surface area contributed by atoms with E-state index in [1.165, 1.54) is 11.1 Å². The van der Waals surface area contributed by atoms with Crippen molar-refractivity contribution in [1.82, 2.24) is 0 Å². The molecule has 2 aromatic carbocycles. The molecule has 20 heavy (non-hydrogen) atoms. The number of halogens is 1. The summed E-state index contributed by atoms with van der Waals surface area (Å²) in [6, 6.07) is 14.0. The van der Waals surface area contributed by atoms with E-state index < -0.39 is 0 Å². The highest BCUT2D eigenvalue weighted by atomic mass is 19.1. The second kappa shape index (κ2) is 6.56. The van der Waals surface area contributed by atoms with Crippen molar-refractivity contribution in [2.24, 2.45) is 0 Å². The van der Waals surface area contributed by atoms with Crippen LogP contribution in [0.5, 0.6) is 0 Å². The molecule has 0 saturated heterocycles. The van der Waals surface area contributed by atoms with Crippen LogP contribution in [0.15, 0.2) is 42.5 Å². The van der Waals surface area contributed by atoms with E-state index in [1.54, 1.807) is 6.07 Å². The molecule has 1 atom stereocenters. The van der Waals surface area contributed by atoms with Gasteiger partial charge in [0, 0.05) is 0 Å². The Labute approximate surface area is 120 Å². The number of aryl methyl sites for hydroxylation is 2. The topological polar surface area (TPSA) is 12.0 Å². The highest BCUT2D eigenvalue weighted by molar-refractivity contribution is 5.48. The van der Waals surface area contributed by atoms with E-state index in [2.05, 4.69) is 43.4 Å². The third-order valence-electron chi connectivity index (χ3n) is 3.65. The van der Waals surface area contributed by atoms with E-state index in [9.17, 15) is 4.39 Å². The quantitative estimate of drug-likeness (QED) is 0.782.